The minimum absolute atomic E-state index is 0.0576. The fourth-order valence-corrected chi connectivity index (χ4v) is 4.79. The number of benzene rings is 2. The number of carboxylic acid groups (broad SMARTS) is 2. The Morgan fingerprint density at radius 1 is 0.941 bits per heavy atom. The van der Waals surface area contributed by atoms with Gasteiger partial charge in [-0.2, -0.15) is 4.31 Å². The van der Waals surface area contributed by atoms with Gasteiger partial charge in [0.15, 0.2) is 0 Å². The SMILES string of the molecule is O=C(CNCc1ccc(Cl)cc1)Nc1cc(S(=O)(=O)N2CCCC2)ccc1Cl.O=C(O)C(=O)O. The van der Waals surface area contributed by atoms with Crippen LogP contribution in [-0.4, -0.2) is 60.4 Å². The van der Waals surface area contributed by atoms with Gasteiger partial charge in [-0.25, -0.2) is 18.0 Å². The summed E-state index contributed by atoms with van der Waals surface area (Å²) in [6.07, 6.45) is 1.71. The molecule has 0 unspecified atom stereocenters. The van der Waals surface area contributed by atoms with Crippen molar-refractivity contribution in [3.8, 4) is 0 Å². The summed E-state index contributed by atoms with van der Waals surface area (Å²) in [4.78, 5) is 30.5. The van der Waals surface area contributed by atoms with E-state index in [4.69, 9.17) is 43.0 Å². The van der Waals surface area contributed by atoms with Gasteiger partial charge in [-0.05, 0) is 48.7 Å². The average Bonchev–Trinajstić information content (AvgIpc) is 3.33. The molecule has 0 spiro atoms. The number of anilines is 1. The van der Waals surface area contributed by atoms with E-state index in [0.717, 1.165) is 18.4 Å². The molecule has 1 heterocycles. The molecule has 184 valence electrons. The van der Waals surface area contributed by atoms with Gasteiger partial charge in [0.05, 0.1) is 22.2 Å². The zero-order valence-corrected chi connectivity index (χ0v) is 20.2. The van der Waals surface area contributed by atoms with Crippen molar-refractivity contribution in [3.63, 3.8) is 0 Å². The van der Waals surface area contributed by atoms with E-state index in [1.807, 2.05) is 12.1 Å². The molecule has 1 aliphatic heterocycles. The van der Waals surface area contributed by atoms with Gasteiger partial charge in [-0.15, -0.1) is 0 Å². The van der Waals surface area contributed by atoms with Gasteiger partial charge in [0.1, 0.15) is 0 Å². The normalized spacial score (nSPS) is 13.6. The van der Waals surface area contributed by atoms with Crippen molar-refractivity contribution in [3.05, 3.63) is 58.1 Å². The van der Waals surface area contributed by atoms with Gasteiger partial charge in [0.2, 0.25) is 15.9 Å². The molecule has 2 aromatic carbocycles. The number of hydrogen-bond acceptors (Lipinski definition) is 6. The molecule has 1 amide bonds. The first-order chi connectivity index (χ1) is 16.0. The average molecular weight is 532 g/mol. The highest BCUT2D eigenvalue weighted by atomic mass is 35.5. The van der Waals surface area contributed by atoms with Crippen LogP contribution in [0.4, 0.5) is 5.69 Å². The Morgan fingerprint density at radius 2 is 1.53 bits per heavy atom. The molecule has 3 rings (SSSR count). The molecule has 0 atom stereocenters. The topological polar surface area (TPSA) is 153 Å². The minimum Gasteiger partial charge on any atom is -0.473 e. The Morgan fingerprint density at radius 3 is 2.09 bits per heavy atom. The van der Waals surface area contributed by atoms with Crippen LogP contribution in [0.3, 0.4) is 0 Å². The second kappa shape index (κ2) is 12.7. The molecule has 0 radical (unpaired) electrons. The maximum atomic E-state index is 12.7. The zero-order chi connectivity index (χ0) is 25.3. The molecule has 2 aromatic rings. The number of carbonyl (C=O) groups is 3. The molecular formula is C21H23Cl2N3O7S. The number of nitrogens with one attached hydrogen (secondary N) is 2. The quantitative estimate of drug-likeness (QED) is 0.397. The van der Waals surface area contributed by atoms with Crippen LogP contribution in [-0.2, 0) is 31.0 Å². The van der Waals surface area contributed by atoms with E-state index in [9.17, 15) is 13.2 Å². The molecule has 0 aliphatic carbocycles. The number of hydrogen-bond donors (Lipinski definition) is 4. The Labute approximate surface area is 206 Å². The van der Waals surface area contributed by atoms with Crippen LogP contribution in [0.15, 0.2) is 47.4 Å². The van der Waals surface area contributed by atoms with Crippen LogP contribution in [0.5, 0.6) is 0 Å². The third-order valence-corrected chi connectivity index (χ3v) is 7.10. The van der Waals surface area contributed by atoms with Crippen LogP contribution in [0, 0.1) is 0 Å². The summed E-state index contributed by atoms with van der Waals surface area (Å²) in [5.74, 6) is -3.96. The Bertz CT molecular complexity index is 1120. The highest BCUT2D eigenvalue weighted by molar-refractivity contribution is 7.89. The molecule has 1 fully saturated rings. The van der Waals surface area contributed by atoms with Gasteiger partial charge >= 0.3 is 11.9 Å². The maximum Gasteiger partial charge on any atom is 0.414 e. The number of rotatable bonds is 7. The maximum absolute atomic E-state index is 12.7. The smallest absolute Gasteiger partial charge is 0.414 e. The Hall–Kier alpha value is -2.70. The van der Waals surface area contributed by atoms with E-state index in [1.54, 1.807) is 12.1 Å². The standard InChI is InChI=1S/C19H21Cl2N3O3S.C2H2O4/c20-15-5-3-14(4-6-15)12-22-13-19(25)23-18-11-16(7-8-17(18)21)28(26,27)24-9-1-2-10-24;3-1(4)2(5)6/h3-8,11,22H,1-2,9-10,12-13H2,(H,23,25);(H,3,4)(H,5,6). The summed E-state index contributed by atoms with van der Waals surface area (Å²) >= 11 is 12.0. The highest BCUT2D eigenvalue weighted by Gasteiger charge is 2.27. The number of nitrogens with zero attached hydrogens (tertiary/aromatic N) is 1. The van der Waals surface area contributed by atoms with Gasteiger partial charge < -0.3 is 20.8 Å². The van der Waals surface area contributed by atoms with Crippen molar-refractivity contribution in [1.29, 1.82) is 0 Å². The number of carboxylic acids is 2. The molecule has 10 nitrogen and oxygen atoms in total. The first kappa shape index (κ1) is 27.5. The second-order valence-corrected chi connectivity index (χ2v) is 9.92. The highest BCUT2D eigenvalue weighted by Crippen LogP contribution is 2.28. The van der Waals surface area contributed by atoms with Crippen LogP contribution >= 0.6 is 23.2 Å². The third-order valence-electron chi connectivity index (χ3n) is 4.63. The third kappa shape index (κ3) is 8.26. The number of amides is 1. The van der Waals surface area contributed by atoms with Crippen LogP contribution in [0.1, 0.15) is 18.4 Å². The number of halogens is 2. The predicted octanol–water partition coefficient (Wildman–Crippen LogP) is 2.66. The van der Waals surface area contributed by atoms with E-state index >= 15 is 0 Å². The van der Waals surface area contributed by atoms with Crippen molar-refractivity contribution in [2.24, 2.45) is 0 Å². The largest absolute Gasteiger partial charge is 0.473 e. The van der Waals surface area contributed by atoms with Gasteiger partial charge in [0.25, 0.3) is 0 Å². The first-order valence-electron chi connectivity index (χ1n) is 10.0. The summed E-state index contributed by atoms with van der Waals surface area (Å²) < 4.78 is 26.8. The summed E-state index contributed by atoms with van der Waals surface area (Å²) in [6, 6.07) is 11.7. The molecular weight excluding hydrogens is 509 g/mol. The fraction of sp³-hybridized carbons (Fsp3) is 0.286. The van der Waals surface area contributed by atoms with E-state index in [-0.39, 0.29) is 28.1 Å². The molecule has 4 N–H and O–H groups in total. The lowest BCUT2D eigenvalue weighted by Gasteiger charge is -2.17. The van der Waals surface area contributed by atoms with Gasteiger partial charge in [-0.1, -0.05) is 35.3 Å². The lowest BCUT2D eigenvalue weighted by atomic mass is 10.2. The van der Waals surface area contributed by atoms with Crippen molar-refractivity contribution in [2.45, 2.75) is 24.3 Å². The second-order valence-electron chi connectivity index (χ2n) is 7.14. The summed E-state index contributed by atoms with van der Waals surface area (Å²) in [5, 5.41) is 21.4. The van der Waals surface area contributed by atoms with Crippen LogP contribution < -0.4 is 10.6 Å². The predicted molar refractivity (Wildman–Crippen MR) is 127 cm³/mol. The molecule has 1 aliphatic rings. The van der Waals surface area contributed by atoms with E-state index in [0.29, 0.717) is 24.7 Å². The molecule has 0 saturated carbocycles. The Balaban J connectivity index is 0.000000604. The lowest BCUT2D eigenvalue weighted by Crippen LogP contribution is -2.29. The van der Waals surface area contributed by atoms with Gasteiger partial charge in [-0.3, -0.25) is 4.79 Å². The minimum atomic E-state index is -3.57. The lowest BCUT2D eigenvalue weighted by molar-refractivity contribution is -0.159. The van der Waals surface area contributed by atoms with E-state index in [2.05, 4.69) is 10.6 Å². The Kier molecular flexibility index (Phi) is 10.3. The monoisotopic (exact) mass is 531 g/mol. The number of carbonyl (C=O) groups excluding carboxylic acids is 1. The number of sulfonamides is 1. The molecule has 0 aromatic heterocycles. The van der Waals surface area contributed by atoms with E-state index < -0.39 is 22.0 Å². The molecule has 0 bridgehead atoms. The summed E-state index contributed by atoms with van der Waals surface area (Å²) in [5.41, 5.74) is 1.27. The summed E-state index contributed by atoms with van der Waals surface area (Å²) in [7, 11) is -3.57. The molecule has 34 heavy (non-hydrogen) atoms. The van der Waals surface area contributed by atoms with Crippen molar-refractivity contribution in [2.75, 3.05) is 25.0 Å². The fourth-order valence-electron chi connectivity index (χ4n) is 2.96. The first-order valence-corrected chi connectivity index (χ1v) is 12.2. The van der Waals surface area contributed by atoms with Crippen molar-refractivity contribution < 1.29 is 33.0 Å². The molecule has 13 heteroatoms. The van der Waals surface area contributed by atoms with Crippen LogP contribution in [0.25, 0.3) is 0 Å². The number of aliphatic carboxylic acids is 2. The zero-order valence-electron chi connectivity index (χ0n) is 17.8. The van der Waals surface area contributed by atoms with Crippen LogP contribution in [0.2, 0.25) is 10.0 Å². The van der Waals surface area contributed by atoms with Crippen molar-refractivity contribution >= 4 is 56.8 Å². The van der Waals surface area contributed by atoms with Crippen molar-refractivity contribution in [1.82, 2.24) is 9.62 Å². The molecule has 1 saturated heterocycles. The summed E-state index contributed by atoms with van der Waals surface area (Å²) in [6.45, 7) is 1.59. The van der Waals surface area contributed by atoms with E-state index in [1.165, 1.54) is 22.5 Å². The van der Waals surface area contributed by atoms with Gasteiger partial charge in [0, 0.05) is 24.7 Å².